The molecule has 0 bridgehead atoms. The number of nitrogens with zero attached hydrogens (tertiary/aromatic N) is 3. The Morgan fingerprint density at radius 3 is 3.00 bits per heavy atom. The van der Waals surface area contributed by atoms with Crippen molar-refractivity contribution < 1.29 is 0 Å². The Balaban J connectivity index is 2.53. The summed E-state index contributed by atoms with van der Waals surface area (Å²) in [6.45, 7) is 2.99. The number of rotatable bonds is 0. The van der Waals surface area contributed by atoms with Crippen molar-refractivity contribution in [3.63, 3.8) is 0 Å². The first-order chi connectivity index (χ1) is 5.70. The van der Waals surface area contributed by atoms with Gasteiger partial charge in [-0.25, -0.2) is 9.97 Å². The molecule has 1 atom stereocenters. The van der Waals surface area contributed by atoms with Crippen LogP contribution >= 0.6 is 0 Å². The first kappa shape index (κ1) is 7.49. The maximum absolute atomic E-state index is 5.72. The van der Waals surface area contributed by atoms with Gasteiger partial charge in [0.15, 0.2) is 0 Å². The normalized spacial score (nSPS) is 22.7. The molecule has 0 spiro atoms. The Morgan fingerprint density at radius 2 is 2.33 bits per heavy atom. The molecule has 4 heteroatoms. The summed E-state index contributed by atoms with van der Waals surface area (Å²) in [5.74, 6) is 0.621. The van der Waals surface area contributed by atoms with E-state index in [0.29, 0.717) is 11.9 Å². The molecule has 0 amide bonds. The number of hydrogen-bond donors (Lipinski definition) is 1. The summed E-state index contributed by atoms with van der Waals surface area (Å²) < 4.78 is 0. The number of nitrogens with two attached hydrogens (primary N) is 1. The Labute approximate surface area is 71.4 Å². The van der Waals surface area contributed by atoms with Gasteiger partial charge in [-0.05, 0) is 14.0 Å². The first-order valence-corrected chi connectivity index (χ1v) is 3.99. The van der Waals surface area contributed by atoms with Gasteiger partial charge < -0.3 is 5.73 Å². The highest BCUT2D eigenvalue weighted by Gasteiger charge is 2.26. The number of anilines is 1. The van der Waals surface area contributed by atoms with Crippen LogP contribution in [0.25, 0.3) is 0 Å². The fourth-order valence-electron chi connectivity index (χ4n) is 1.56. The van der Waals surface area contributed by atoms with Crippen molar-refractivity contribution >= 4 is 5.82 Å². The van der Waals surface area contributed by atoms with Crippen LogP contribution in [0.4, 0.5) is 5.82 Å². The van der Waals surface area contributed by atoms with Crippen LogP contribution in [0.2, 0.25) is 0 Å². The van der Waals surface area contributed by atoms with Crippen LogP contribution in [0.15, 0.2) is 6.33 Å². The zero-order valence-corrected chi connectivity index (χ0v) is 7.28. The summed E-state index contributed by atoms with van der Waals surface area (Å²) >= 11 is 0. The molecule has 1 unspecified atom stereocenters. The van der Waals surface area contributed by atoms with E-state index in [1.165, 1.54) is 6.33 Å². The van der Waals surface area contributed by atoms with Gasteiger partial charge in [-0.1, -0.05) is 0 Å². The van der Waals surface area contributed by atoms with E-state index >= 15 is 0 Å². The van der Waals surface area contributed by atoms with E-state index in [1.54, 1.807) is 0 Å². The highest BCUT2D eigenvalue weighted by atomic mass is 15.2. The SMILES string of the molecule is CC1c2ncnc(N)c2CN1C. The van der Waals surface area contributed by atoms with Crippen molar-refractivity contribution in [2.24, 2.45) is 0 Å². The van der Waals surface area contributed by atoms with Gasteiger partial charge in [-0.3, -0.25) is 4.90 Å². The van der Waals surface area contributed by atoms with Crippen LogP contribution in [0, 0.1) is 0 Å². The molecule has 12 heavy (non-hydrogen) atoms. The van der Waals surface area contributed by atoms with Crippen molar-refractivity contribution in [1.82, 2.24) is 14.9 Å². The number of hydrogen-bond acceptors (Lipinski definition) is 4. The minimum Gasteiger partial charge on any atom is -0.383 e. The van der Waals surface area contributed by atoms with Crippen LogP contribution < -0.4 is 5.73 Å². The van der Waals surface area contributed by atoms with Gasteiger partial charge in [-0.2, -0.15) is 0 Å². The minimum absolute atomic E-state index is 0.366. The van der Waals surface area contributed by atoms with Gasteiger partial charge in [0.1, 0.15) is 12.1 Å². The van der Waals surface area contributed by atoms with Crippen LogP contribution in [0.3, 0.4) is 0 Å². The number of nitrogen functional groups attached to an aromatic ring is 1. The molecule has 0 fully saturated rings. The molecule has 64 valence electrons. The Hall–Kier alpha value is -1.16. The summed E-state index contributed by atoms with van der Waals surface area (Å²) in [5, 5.41) is 0. The molecule has 0 saturated carbocycles. The Morgan fingerprint density at radius 1 is 1.58 bits per heavy atom. The molecule has 4 nitrogen and oxygen atoms in total. The first-order valence-electron chi connectivity index (χ1n) is 3.99. The predicted molar refractivity (Wildman–Crippen MR) is 46.3 cm³/mol. The monoisotopic (exact) mass is 164 g/mol. The minimum atomic E-state index is 0.366. The molecule has 0 aliphatic carbocycles. The standard InChI is InChI=1S/C8H12N4/c1-5-7-6(3-12(5)2)8(9)11-4-10-7/h4-5H,3H2,1-2H3,(H2,9,10,11). The summed E-state index contributed by atoms with van der Waals surface area (Å²) in [4.78, 5) is 10.4. The third kappa shape index (κ3) is 0.881. The largest absolute Gasteiger partial charge is 0.383 e. The van der Waals surface area contributed by atoms with Crippen molar-refractivity contribution in [2.45, 2.75) is 19.5 Å². The van der Waals surface area contributed by atoms with Crippen molar-refractivity contribution in [1.29, 1.82) is 0 Å². The quantitative estimate of drug-likeness (QED) is 0.609. The second-order valence-corrected chi connectivity index (χ2v) is 3.21. The topological polar surface area (TPSA) is 55.0 Å². The summed E-state index contributed by atoms with van der Waals surface area (Å²) in [7, 11) is 2.06. The average Bonchev–Trinajstić information content (AvgIpc) is 2.32. The van der Waals surface area contributed by atoms with Crippen LogP contribution in [-0.2, 0) is 6.54 Å². The third-order valence-corrected chi connectivity index (χ3v) is 2.48. The number of fused-ring (bicyclic) bond motifs is 1. The van der Waals surface area contributed by atoms with Crippen LogP contribution in [0.5, 0.6) is 0 Å². The van der Waals surface area contributed by atoms with Gasteiger partial charge >= 0.3 is 0 Å². The zero-order chi connectivity index (χ0) is 8.72. The molecule has 1 aromatic heterocycles. The molecular weight excluding hydrogens is 152 g/mol. The lowest BCUT2D eigenvalue weighted by molar-refractivity contribution is 0.284. The second-order valence-electron chi connectivity index (χ2n) is 3.21. The summed E-state index contributed by atoms with van der Waals surface area (Å²) in [6, 6.07) is 0.366. The fraction of sp³-hybridized carbons (Fsp3) is 0.500. The highest BCUT2D eigenvalue weighted by Crippen LogP contribution is 2.31. The van der Waals surface area contributed by atoms with E-state index in [9.17, 15) is 0 Å². The van der Waals surface area contributed by atoms with E-state index in [4.69, 9.17) is 5.73 Å². The lowest BCUT2D eigenvalue weighted by Crippen LogP contribution is -2.13. The summed E-state index contributed by atoms with van der Waals surface area (Å²) in [6.07, 6.45) is 1.53. The lowest BCUT2D eigenvalue weighted by Gasteiger charge is -2.12. The molecule has 0 radical (unpaired) electrons. The van der Waals surface area contributed by atoms with Gasteiger partial charge in [0.25, 0.3) is 0 Å². The third-order valence-electron chi connectivity index (χ3n) is 2.48. The molecule has 0 aromatic carbocycles. The molecule has 1 aromatic rings. The Kier molecular flexibility index (Phi) is 1.51. The maximum Gasteiger partial charge on any atom is 0.131 e. The van der Waals surface area contributed by atoms with Gasteiger partial charge in [0.2, 0.25) is 0 Å². The van der Waals surface area contributed by atoms with Crippen molar-refractivity contribution in [3.8, 4) is 0 Å². The molecule has 1 aliphatic heterocycles. The lowest BCUT2D eigenvalue weighted by atomic mass is 10.2. The van der Waals surface area contributed by atoms with Crippen LogP contribution in [0.1, 0.15) is 24.2 Å². The van der Waals surface area contributed by atoms with Gasteiger partial charge in [0.05, 0.1) is 5.69 Å². The average molecular weight is 164 g/mol. The van der Waals surface area contributed by atoms with E-state index in [0.717, 1.165) is 17.8 Å². The van der Waals surface area contributed by atoms with Crippen LogP contribution in [-0.4, -0.2) is 21.9 Å². The highest BCUT2D eigenvalue weighted by molar-refractivity contribution is 5.44. The Bertz CT molecular complexity index is 310. The van der Waals surface area contributed by atoms with Crippen molar-refractivity contribution in [2.75, 3.05) is 12.8 Å². The van der Waals surface area contributed by atoms with Gasteiger partial charge in [0, 0.05) is 18.2 Å². The maximum atomic E-state index is 5.72. The second kappa shape index (κ2) is 2.42. The van der Waals surface area contributed by atoms with E-state index in [-0.39, 0.29) is 0 Å². The zero-order valence-electron chi connectivity index (χ0n) is 7.28. The molecule has 0 saturated heterocycles. The molecular formula is C8H12N4. The number of aromatic nitrogens is 2. The van der Waals surface area contributed by atoms with E-state index in [1.807, 2.05) is 0 Å². The smallest absolute Gasteiger partial charge is 0.131 e. The fourth-order valence-corrected chi connectivity index (χ4v) is 1.56. The molecule has 2 rings (SSSR count). The molecule has 2 N–H and O–H groups in total. The predicted octanol–water partition coefficient (Wildman–Crippen LogP) is 0.565. The van der Waals surface area contributed by atoms with Gasteiger partial charge in [-0.15, -0.1) is 0 Å². The van der Waals surface area contributed by atoms with Crippen molar-refractivity contribution in [3.05, 3.63) is 17.6 Å². The molecule has 1 aliphatic rings. The molecule has 2 heterocycles. The van der Waals surface area contributed by atoms with E-state index < -0.39 is 0 Å². The summed E-state index contributed by atoms with van der Waals surface area (Å²) in [5.41, 5.74) is 7.88. The van der Waals surface area contributed by atoms with E-state index in [2.05, 4.69) is 28.8 Å².